The van der Waals surface area contributed by atoms with Gasteiger partial charge in [0.25, 0.3) is 0 Å². The summed E-state index contributed by atoms with van der Waals surface area (Å²) in [7, 11) is 0. The van der Waals surface area contributed by atoms with Crippen LogP contribution < -0.4 is 10.1 Å². The van der Waals surface area contributed by atoms with Crippen molar-refractivity contribution in [1.29, 1.82) is 0 Å². The predicted molar refractivity (Wildman–Crippen MR) is 127 cm³/mol. The van der Waals surface area contributed by atoms with Crippen LogP contribution in [0.3, 0.4) is 0 Å². The first-order valence-electron chi connectivity index (χ1n) is 10.9. The van der Waals surface area contributed by atoms with Crippen LogP contribution in [-0.2, 0) is 16.1 Å². The van der Waals surface area contributed by atoms with Gasteiger partial charge in [-0.25, -0.2) is 0 Å². The van der Waals surface area contributed by atoms with Gasteiger partial charge < -0.3 is 10.1 Å². The van der Waals surface area contributed by atoms with E-state index in [0.29, 0.717) is 23.3 Å². The summed E-state index contributed by atoms with van der Waals surface area (Å²) in [6, 6.07) is 23.7. The van der Waals surface area contributed by atoms with Crippen molar-refractivity contribution in [2.75, 3.05) is 0 Å². The van der Waals surface area contributed by atoms with Gasteiger partial charge in [-0.1, -0.05) is 83.5 Å². The molecule has 0 aromatic heterocycles. The largest absolute Gasteiger partial charge is 0.425 e. The maximum Gasteiger partial charge on any atom is 0.328 e. The molecular weight excluding hydrogens is 482 g/mol. The molecule has 3 aromatic carbocycles. The number of hydrogen-bond acceptors (Lipinski definition) is 4. The van der Waals surface area contributed by atoms with Crippen LogP contribution in [0.2, 0.25) is 0 Å². The second-order valence-corrected chi connectivity index (χ2v) is 9.42. The summed E-state index contributed by atoms with van der Waals surface area (Å²) in [6.07, 6.45) is 0.325. The van der Waals surface area contributed by atoms with E-state index in [2.05, 4.69) is 21.2 Å². The fraction of sp³-hybridized carbons (Fsp3) is 0.222. The summed E-state index contributed by atoms with van der Waals surface area (Å²) in [5, 5.41) is 2.92. The number of nitrogens with one attached hydrogen (secondary N) is 1. The first kappa shape index (κ1) is 21.6. The molecule has 5 nitrogen and oxygen atoms in total. The van der Waals surface area contributed by atoms with Gasteiger partial charge in [-0.2, -0.15) is 0 Å². The molecule has 0 bridgehead atoms. The average molecular weight is 504 g/mol. The highest BCUT2D eigenvalue weighted by atomic mass is 79.9. The number of fused-ring (bicyclic) bond motifs is 3. The molecule has 0 radical (unpaired) electrons. The fourth-order valence-corrected chi connectivity index (χ4v) is 5.87. The van der Waals surface area contributed by atoms with Crippen molar-refractivity contribution in [3.8, 4) is 5.75 Å². The van der Waals surface area contributed by atoms with E-state index in [1.807, 2.05) is 49.4 Å². The van der Waals surface area contributed by atoms with Crippen molar-refractivity contribution in [3.63, 3.8) is 0 Å². The van der Waals surface area contributed by atoms with E-state index in [-0.39, 0.29) is 12.3 Å². The molecule has 1 aliphatic carbocycles. The lowest BCUT2D eigenvalue weighted by Crippen LogP contribution is -2.45. The molecule has 1 amide bonds. The van der Waals surface area contributed by atoms with Crippen LogP contribution in [0.25, 0.3) is 0 Å². The van der Waals surface area contributed by atoms with Crippen molar-refractivity contribution < 1.29 is 19.1 Å². The molecule has 1 heterocycles. The third kappa shape index (κ3) is 3.00. The summed E-state index contributed by atoms with van der Waals surface area (Å²) in [6.45, 7) is 2.11. The van der Waals surface area contributed by atoms with Crippen molar-refractivity contribution in [2.24, 2.45) is 10.8 Å². The molecule has 166 valence electrons. The molecule has 6 heteroatoms. The minimum Gasteiger partial charge on any atom is -0.425 e. The predicted octanol–water partition coefficient (Wildman–Crippen LogP) is 5.05. The number of hydrogen-bond donors (Lipinski definition) is 1. The van der Waals surface area contributed by atoms with Crippen LogP contribution in [0.15, 0.2) is 83.3 Å². The monoisotopic (exact) mass is 503 g/mol. The number of carbonyl (C=O) groups is 3. The molecule has 1 fully saturated rings. The highest BCUT2D eigenvalue weighted by Crippen LogP contribution is 2.80. The van der Waals surface area contributed by atoms with Gasteiger partial charge in [0, 0.05) is 28.1 Å². The Balaban J connectivity index is 1.63. The average Bonchev–Trinajstić information content (AvgIpc) is 3.50. The number of benzene rings is 3. The van der Waals surface area contributed by atoms with Crippen molar-refractivity contribution >= 4 is 33.6 Å². The van der Waals surface area contributed by atoms with E-state index in [9.17, 15) is 14.4 Å². The van der Waals surface area contributed by atoms with E-state index in [4.69, 9.17) is 4.74 Å². The number of halogens is 1. The van der Waals surface area contributed by atoms with E-state index in [1.165, 1.54) is 0 Å². The third-order valence-electron chi connectivity index (χ3n) is 7.01. The molecule has 5 rings (SSSR count). The van der Waals surface area contributed by atoms with Crippen LogP contribution in [0.1, 0.15) is 40.7 Å². The molecule has 3 aromatic rings. The molecule has 0 saturated heterocycles. The Morgan fingerprint density at radius 2 is 1.67 bits per heavy atom. The van der Waals surface area contributed by atoms with E-state index < -0.39 is 28.6 Å². The van der Waals surface area contributed by atoms with E-state index in [1.54, 1.807) is 36.4 Å². The second-order valence-electron chi connectivity index (χ2n) is 8.50. The molecule has 0 unspecified atom stereocenters. The van der Waals surface area contributed by atoms with Gasteiger partial charge in [-0.3, -0.25) is 14.4 Å². The first-order valence-corrected chi connectivity index (χ1v) is 11.7. The number of ketones is 1. The van der Waals surface area contributed by atoms with E-state index in [0.717, 1.165) is 10.0 Å². The van der Waals surface area contributed by atoms with Gasteiger partial charge in [-0.05, 0) is 30.2 Å². The zero-order chi connectivity index (χ0) is 23.2. The van der Waals surface area contributed by atoms with Crippen molar-refractivity contribution in [2.45, 2.75) is 25.8 Å². The van der Waals surface area contributed by atoms with Crippen LogP contribution in [0.5, 0.6) is 5.75 Å². The zero-order valence-corrected chi connectivity index (χ0v) is 19.6. The van der Waals surface area contributed by atoms with Gasteiger partial charge >= 0.3 is 5.97 Å². The SMILES string of the molecule is CC[C@]1(C(=O)c2ccccc2)[C@@H]2c3cc(Br)ccc3OC(=O)[C@]21C(=O)NCc1ccccc1. The second kappa shape index (κ2) is 7.96. The summed E-state index contributed by atoms with van der Waals surface area (Å²) in [4.78, 5) is 41.2. The van der Waals surface area contributed by atoms with Crippen LogP contribution in [0.4, 0.5) is 0 Å². The number of Topliss-reactive ketones (excluding diaryl/α,β-unsaturated/α-hetero) is 1. The Morgan fingerprint density at radius 1 is 1.00 bits per heavy atom. The summed E-state index contributed by atoms with van der Waals surface area (Å²) in [5.74, 6) is -1.56. The van der Waals surface area contributed by atoms with Gasteiger partial charge in [0.1, 0.15) is 5.75 Å². The standard InChI is InChI=1S/C27H22BrNO4/c1-2-26(23(30)18-11-7-4-8-12-18)22-20-15-19(28)13-14-21(20)33-25(32)27(22,26)24(31)29-16-17-9-5-3-6-10-17/h3-15,22H,2,16H2,1H3,(H,29,31)/t22-,26+,27+/m0/s1. The number of carbonyl (C=O) groups excluding carboxylic acids is 3. The first-order chi connectivity index (χ1) is 16.0. The lowest BCUT2D eigenvalue weighted by Gasteiger charge is -2.24. The molecule has 3 atom stereocenters. The minimum absolute atomic E-state index is 0.213. The number of amides is 1. The Bertz CT molecular complexity index is 1260. The number of ether oxygens (including phenoxy) is 1. The maximum atomic E-state index is 14.0. The van der Waals surface area contributed by atoms with Crippen molar-refractivity contribution in [1.82, 2.24) is 5.32 Å². The number of esters is 1. The minimum atomic E-state index is -1.61. The van der Waals surface area contributed by atoms with E-state index >= 15 is 0 Å². The number of rotatable bonds is 6. The molecule has 33 heavy (non-hydrogen) atoms. The lowest BCUT2D eigenvalue weighted by atomic mass is 9.82. The quantitative estimate of drug-likeness (QED) is 0.221. The Kier molecular flexibility index (Phi) is 5.20. The Labute approximate surface area is 200 Å². The highest BCUT2D eigenvalue weighted by Gasteiger charge is 2.89. The lowest BCUT2D eigenvalue weighted by molar-refractivity contribution is -0.149. The zero-order valence-electron chi connectivity index (χ0n) is 18.0. The molecule has 2 aliphatic rings. The van der Waals surface area contributed by atoms with Gasteiger partial charge in [0.15, 0.2) is 11.2 Å². The highest BCUT2D eigenvalue weighted by molar-refractivity contribution is 9.10. The molecule has 0 spiro atoms. The summed E-state index contributed by atoms with van der Waals surface area (Å²) < 4.78 is 6.48. The molecule has 1 saturated carbocycles. The van der Waals surface area contributed by atoms with Crippen LogP contribution >= 0.6 is 15.9 Å². The topological polar surface area (TPSA) is 72.5 Å². The normalized spacial score (nSPS) is 24.8. The summed E-state index contributed by atoms with van der Waals surface area (Å²) in [5.41, 5.74) is -0.753. The van der Waals surface area contributed by atoms with Crippen LogP contribution in [0, 0.1) is 10.8 Å². The Hall–Kier alpha value is -3.25. The molecule has 1 N–H and O–H groups in total. The molecular formula is C27H22BrNO4. The van der Waals surface area contributed by atoms with Crippen LogP contribution in [-0.4, -0.2) is 17.7 Å². The maximum absolute atomic E-state index is 14.0. The van der Waals surface area contributed by atoms with Gasteiger partial charge in [0.05, 0.1) is 5.41 Å². The third-order valence-corrected chi connectivity index (χ3v) is 7.50. The molecule has 1 aliphatic heterocycles. The van der Waals surface area contributed by atoms with Gasteiger partial charge in [-0.15, -0.1) is 0 Å². The fourth-order valence-electron chi connectivity index (χ4n) is 5.50. The smallest absolute Gasteiger partial charge is 0.328 e. The van der Waals surface area contributed by atoms with Crippen molar-refractivity contribution in [3.05, 3.63) is 100 Å². The summed E-state index contributed by atoms with van der Waals surface area (Å²) >= 11 is 3.48. The Morgan fingerprint density at radius 3 is 2.33 bits per heavy atom. The van der Waals surface area contributed by atoms with Gasteiger partial charge in [0.2, 0.25) is 5.91 Å².